The van der Waals surface area contributed by atoms with Gasteiger partial charge in [0.1, 0.15) is 40.6 Å². The van der Waals surface area contributed by atoms with Crippen LogP contribution in [0.4, 0.5) is 9.59 Å². The molecule has 2 atom stereocenters. The van der Waals surface area contributed by atoms with Crippen molar-refractivity contribution in [3.05, 3.63) is 53.3 Å². The number of para-hydroxylation sites is 1. The van der Waals surface area contributed by atoms with E-state index in [0.717, 1.165) is 112 Å². The molecule has 1 aromatic heterocycles. The second kappa shape index (κ2) is 17.2. The predicted molar refractivity (Wildman–Crippen MR) is 201 cm³/mol. The maximum atomic E-state index is 12.9. The molecule has 2 unspecified atom stereocenters. The first-order valence-corrected chi connectivity index (χ1v) is 19.1. The summed E-state index contributed by atoms with van der Waals surface area (Å²) in [5, 5.41) is 0.658. The van der Waals surface area contributed by atoms with E-state index >= 15 is 0 Å². The molecular formula is C40H57ClN4O6. The van der Waals surface area contributed by atoms with Crippen molar-refractivity contribution in [1.29, 1.82) is 0 Å². The zero-order valence-corrected chi connectivity index (χ0v) is 32.2. The quantitative estimate of drug-likeness (QED) is 0.172. The number of likely N-dealkylation sites (tertiary alicyclic amines) is 2. The van der Waals surface area contributed by atoms with Gasteiger partial charge in [-0.05, 0) is 142 Å². The molecule has 2 aliphatic heterocycles. The summed E-state index contributed by atoms with van der Waals surface area (Å²) in [6.07, 6.45) is 8.35. The molecule has 2 fully saturated rings. The van der Waals surface area contributed by atoms with E-state index in [9.17, 15) is 9.59 Å². The molecule has 2 saturated heterocycles. The number of ether oxygens (including phenoxy) is 4. The van der Waals surface area contributed by atoms with Crippen LogP contribution in [-0.4, -0.2) is 75.0 Å². The van der Waals surface area contributed by atoms with Crippen molar-refractivity contribution in [3.8, 4) is 11.5 Å². The minimum absolute atomic E-state index is 0.157. The Kier molecular flexibility index (Phi) is 13.0. The first-order chi connectivity index (χ1) is 24.3. The van der Waals surface area contributed by atoms with Crippen molar-refractivity contribution in [3.63, 3.8) is 0 Å². The minimum atomic E-state index is -0.512. The third-order valence-electron chi connectivity index (χ3n) is 9.36. The maximum absolute atomic E-state index is 12.9. The normalized spacial score (nSPS) is 18.5. The number of hydrogen-bond donors (Lipinski definition) is 0. The molecule has 0 aliphatic carbocycles. The van der Waals surface area contributed by atoms with Gasteiger partial charge in [0.25, 0.3) is 0 Å². The second-order valence-corrected chi connectivity index (χ2v) is 16.4. The minimum Gasteiger partial charge on any atom is -0.491 e. The highest BCUT2D eigenvalue weighted by atomic mass is 35.5. The summed E-state index contributed by atoms with van der Waals surface area (Å²) in [6, 6.07) is 13.6. The smallest absolute Gasteiger partial charge is 0.410 e. The highest BCUT2D eigenvalue weighted by molar-refractivity contribution is 6.30. The molecule has 280 valence electrons. The van der Waals surface area contributed by atoms with Gasteiger partial charge in [0.15, 0.2) is 0 Å². The maximum Gasteiger partial charge on any atom is 0.410 e. The molecule has 0 saturated carbocycles. The summed E-state index contributed by atoms with van der Waals surface area (Å²) in [5.74, 6) is 2.71. The van der Waals surface area contributed by atoms with Crippen molar-refractivity contribution in [2.75, 3.05) is 26.2 Å². The average Bonchev–Trinajstić information content (AvgIpc) is 3.43. The van der Waals surface area contributed by atoms with Gasteiger partial charge in [-0.1, -0.05) is 17.7 Å². The van der Waals surface area contributed by atoms with Crippen LogP contribution in [0.5, 0.6) is 11.5 Å². The van der Waals surface area contributed by atoms with Crippen LogP contribution in [-0.2, 0) is 22.6 Å². The van der Waals surface area contributed by atoms with Gasteiger partial charge in [0.05, 0.1) is 12.1 Å². The van der Waals surface area contributed by atoms with Crippen molar-refractivity contribution >= 4 is 34.8 Å². The fourth-order valence-electron chi connectivity index (χ4n) is 7.02. The monoisotopic (exact) mass is 724 g/mol. The first kappa shape index (κ1) is 38.6. The first-order valence-electron chi connectivity index (χ1n) is 18.7. The number of piperidine rings is 2. The number of carbonyl (C=O) groups excluding carboxylic acids is 2. The van der Waals surface area contributed by atoms with Gasteiger partial charge in [-0.2, -0.15) is 0 Å². The molecule has 3 heterocycles. The summed E-state index contributed by atoms with van der Waals surface area (Å²) >= 11 is 6.10. The van der Waals surface area contributed by atoms with Gasteiger partial charge in [-0.3, -0.25) is 0 Å². The Hall–Kier alpha value is -3.66. The Morgan fingerprint density at radius 2 is 1.59 bits per heavy atom. The average molecular weight is 725 g/mol. The standard InChI is InChI=1S/C40H57ClN4O6/c1-39(2,3)50-37(46)43-23-10-13-29(27-43)14-11-25-45-33-17-9-18-34(36(33)42-35(45)28-49-32-21-19-30(41)20-22-32)48-26-12-16-31-15-7-8-24-44(31)38(47)51-40(4,5)6/h9,17-22,29,31H,7-8,10-16,23-28H2,1-6H3. The molecule has 11 heteroatoms. The Bertz CT molecular complexity index is 1600. The van der Waals surface area contributed by atoms with Gasteiger partial charge in [-0.25, -0.2) is 14.6 Å². The van der Waals surface area contributed by atoms with E-state index in [4.69, 9.17) is 35.5 Å². The molecule has 0 N–H and O–H groups in total. The highest BCUT2D eigenvalue weighted by Crippen LogP contribution is 2.30. The molecular weight excluding hydrogens is 668 g/mol. The van der Waals surface area contributed by atoms with Gasteiger partial charge in [0, 0.05) is 37.2 Å². The summed E-state index contributed by atoms with van der Waals surface area (Å²) in [5.41, 5.74) is 0.804. The largest absolute Gasteiger partial charge is 0.491 e. The Morgan fingerprint density at radius 1 is 0.843 bits per heavy atom. The number of carbonyl (C=O) groups is 2. The molecule has 5 rings (SSSR count). The number of aryl methyl sites for hydroxylation is 1. The molecule has 2 aliphatic rings. The van der Waals surface area contributed by atoms with Crippen molar-refractivity contribution in [1.82, 2.24) is 19.4 Å². The lowest BCUT2D eigenvalue weighted by molar-refractivity contribution is 0.00812. The van der Waals surface area contributed by atoms with Gasteiger partial charge in [-0.15, -0.1) is 0 Å². The van der Waals surface area contributed by atoms with Crippen LogP contribution in [0.3, 0.4) is 0 Å². The van der Waals surface area contributed by atoms with Crippen LogP contribution in [0.2, 0.25) is 5.02 Å². The van der Waals surface area contributed by atoms with Crippen molar-refractivity contribution in [2.45, 2.75) is 130 Å². The molecule has 51 heavy (non-hydrogen) atoms. The molecule has 0 radical (unpaired) electrons. The van der Waals surface area contributed by atoms with Gasteiger partial charge in [0.2, 0.25) is 0 Å². The number of amides is 2. The summed E-state index contributed by atoms with van der Waals surface area (Å²) in [7, 11) is 0. The van der Waals surface area contributed by atoms with Crippen LogP contribution in [0, 0.1) is 5.92 Å². The number of benzene rings is 2. The fraction of sp³-hybridized carbons (Fsp3) is 0.625. The molecule has 2 aromatic carbocycles. The number of imidazole rings is 1. The SMILES string of the molecule is CC(C)(C)OC(=O)N1CCCC(CCCn2c(COc3ccc(Cl)cc3)nc3c(OCCCC4CCCCN4C(=O)OC(C)(C)C)cccc32)C1. The Morgan fingerprint density at radius 3 is 2.33 bits per heavy atom. The van der Waals surface area contributed by atoms with Crippen LogP contribution in [0.25, 0.3) is 11.0 Å². The number of fused-ring (bicyclic) bond motifs is 1. The molecule has 0 spiro atoms. The lowest BCUT2D eigenvalue weighted by atomic mass is 9.93. The summed E-state index contributed by atoms with van der Waals surface area (Å²) in [4.78, 5) is 34.5. The number of aromatic nitrogens is 2. The topological polar surface area (TPSA) is 95.4 Å². The van der Waals surface area contributed by atoms with E-state index < -0.39 is 11.2 Å². The zero-order chi connectivity index (χ0) is 36.6. The Balaban J connectivity index is 1.24. The third kappa shape index (κ3) is 11.4. The molecule has 2 amide bonds. The van der Waals surface area contributed by atoms with Crippen molar-refractivity contribution < 1.29 is 28.5 Å². The fourth-order valence-corrected chi connectivity index (χ4v) is 7.14. The van der Waals surface area contributed by atoms with E-state index in [0.29, 0.717) is 24.2 Å². The lowest BCUT2D eigenvalue weighted by Gasteiger charge is -2.36. The molecule has 3 aromatic rings. The van der Waals surface area contributed by atoms with Gasteiger partial charge >= 0.3 is 12.2 Å². The third-order valence-corrected chi connectivity index (χ3v) is 9.61. The second-order valence-electron chi connectivity index (χ2n) is 15.9. The Labute approximate surface area is 308 Å². The van der Waals surface area contributed by atoms with E-state index in [1.54, 1.807) is 0 Å². The molecule has 0 bridgehead atoms. The van der Waals surface area contributed by atoms with Crippen LogP contribution in [0.15, 0.2) is 42.5 Å². The van der Waals surface area contributed by atoms with E-state index in [2.05, 4.69) is 10.6 Å². The van der Waals surface area contributed by atoms with E-state index in [-0.39, 0.29) is 18.2 Å². The summed E-state index contributed by atoms with van der Waals surface area (Å²) < 4.78 is 26.2. The van der Waals surface area contributed by atoms with Crippen LogP contribution in [0.1, 0.15) is 105 Å². The van der Waals surface area contributed by atoms with Gasteiger partial charge < -0.3 is 33.3 Å². The molecule has 10 nitrogen and oxygen atoms in total. The van der Waals surface area contributed by atoms with Crippen LogP contribution >= 0.6 is 11.6 Å². The van der Waals surface area contributed by atoms with Crippen molar-refractivity contribution in [2.24, 2.45) is 5.92 Å². The number of halogens is 1. The highest BCUT2D eigenvalue weighted by Gasteiger charge is 2.31. The number of hydrogen-bond acceptors (Lipinski definition) is 7. The zero-order valence-electron chi connectivity index (χ0n) is 31.4. The lowest BCUT2D eigenvalue weighted by Crippen LogP contribution is -2.46. The summed E-state index contributed by atoms with van der Waals surface area (Å²) in [6.45, 7) is 15.3. The van der Waals surface area contributed by atoms with Crippen LogP contribution < -0.4 is 9.47 Å². The predicted octanol–water partition coefficient (Wildman–Crippen LogP) is 9.64. The van der Waals surface area contributed by atoms with E-state index in [1.807, 2.05) is 87.7 Å². The number of nitrogens with zero attached hydrogens (tertiary/aromatic N) is 4. The van der Waals surface area contributed by atoms with E-state index in [1.165, 1.54) is 0 Å². The number of rotatable bonds is 12.